The maximum atomic E-state index is 13.2. The number of nitrogens with one attached hydrogen (secondary N) is 1. The van der Waals surface area contributed by atoms with Gasteiger partial charge in [-0.15, -0.1) is 5.10 Å². The minimum atomic E-state index is -0.238. The molecule has 0 aliphatic heterocycles. The minimum absolute atomic E-state index is 0.0539. The summed E-state index contributed by atoms with van der Waals surface area (Å²) >= 11 is 0. The van der Waals surface area contributed by atoms with Crippen molar-refractivity contribution in [3.8, 4) is 11.4 Å². The molecule has 0 amide bonds. The number of methoxy groups -OCH3 is 1. The van der Waals surface area contributed by atoms with Crippen molar-refractivity contribution in [1.29, 1.82) is 0 Å². The minimum Gasteiger partial charge on any atom is -0.495 e. The van der Waals surface area contributed by atoms with Crippen molar-refractivity contribution in [2.24, 2.45) is 7.05 Å². The van der Waals surface area contributed by atoms with Crippen LogP contribution in [0.3, 0.4) is 0 Å². The fourth-order valence-corrected chi connectivity index (χ4v) is 3.57. The molecule has 0 aliphatic rings. The highest BCUT2D eigenvalue weighted by atomic mass is 19.1. The van der Waals surface area contributed by atoms with Crippen molar-refractivity contribution in [3.63, 3.8) is 0 Å². The lowest BCUT2D eigenvalue weighted by atomic mass is 10.0. The molecule has 0 saturated heterocycles. The smallest absolute Gasteiger partial charge is 0.301 e. The second-order valence-electron chi connectivity index (χ2n) is 7.49. The first-order valence-electron chi connectivity index (χ1n) is 10.0. The molecule has 4 aromatic rings. The van der Waals surface area contributed by atoms with Crippen molar-refractivity contribution in [2.45, 2.75) is 19.8 Å². The number of ether oxygens (including phenoxy) is 1. The summed E-state index contributed by atoms with van der Waals surface area (Å²) in [5.41, 5.74) is 3.89. The van der Waals surface area contributed by atoms with Gasteiger partial charge in [-0.1, -0.05) is 18.2 Å². The molecule has 2 aromatic heterocycles. The molecular formula is C24H25FN5O+. The van der Waals surface area contributed by atoms with E-state index >= 15 is 0 Å². The summed E-state index contributed by atoms with van der Waals surface area (Å²) in [6.45, 7) is 4.02. The number of aromatic nitrogens is 5. The molecule has 2 aromatic carbocycles. The van der Waals surface area contributed by atoms with Crippen LogP contribution in [0.15, 0.2) is 55.0 Å². The lowest BCUT2D eigenvalue weighted by molar-refractivity contribution is -0.681. The van der Waals surface area contributed by atoms with Gasteiger partial charge in [0.25, 0.3) is 0 Å². The number of hydrogen-bond acceptors (Lipinski definition) is 3. The maximum absolute atomic E-state index is 13.2. The molecule has 1 N–H and O–H groups in total. The Bertz CT molecular complexity index is 1220. The maximum Gasteiger partial charge on any atom is 0.301 e. The highest BCUT2D eigenvalue weighted by molar-refractivity contribution is 5.68. The molecule has 0 spiro atoms. The van der Waals surface area contributed by atoms with Gasteiger partial charge in [-0.3, -0.25) is 0 Å². The molecule has 4 rings (SSSR count). The molecular weight excluding hydrogens is 393 g/mol. The van der Waals surface area contributed by atoms with Gasteiger partial charge >= 0.3 is 5.82 Å². The van der Waals surface area contributed by atoms with Gasteiger partial charge in [-0.25, -0.2) is 13.9 Å². The molecule has 2 heterocycles. The van der Waals surface area contributed by atoms with E-state index in [1.165, 1.54) is 12.1 Å². The summed E-state index contributed by atoms with van der Waals surface area (Å²) in [5, 5.41) is 7.55. The molecule has 0 aliphatic carbocycles. The van der Waals surface area contributed by atoms with Gasteiger partial charge in [0.15, 0.2) is 0 Å². The highest BCUT2D eigenvalue weighted by Gasteiger charge is 2.22. The molecule has 7 heteroatoms. The van der Waals surface area contributed by atoms with Gasteiger partial charge in [0.05, 0.1) is 37.8 Å². The summed E-state index contributed by atoms with van der Waals surface area (Å²) in [6, 6.07) is 12.6. The second kappa shape index (κ2) is 8.55. The third-order valence-electron chi connectivity index (χ3n) is 5.39. The van der Waals surface area contributed by atoms with Gasteiger partial charge in [0.2, 0.25) is 5.82 Å². The largest absolute Gasteiger partial charge is 0.495 e. The second-order valence-corrected chi connectivity index (χ2v) is 7.49. The molecule has 1 atom stereocenters. The fraction of sp³-hybridized carbons (Fsp3) is 0.208. The van der Waals surface area contributed by atoms with Crippen LogP contribution in [0.25, 0.3) is 17.8 Å². The summed E-state index contributed by atoms with van der Waals surface area (Å²) < 4.78 is 22.8. The molecule has 0 fully saturated rings. The zero-order valence-electron chi connectivity index (χ0n) is 18.0. The third kappa shape index (κ3) is 4.26. The Morgan fingerprint density at radius 2 is 1.94 bits per heavy atom. The summed E-state index contributed by atoms with van der Waals surface area (Å²) in [5.74, 6) is 2.31. The standard InChI is InChI=1S/C24H24FN5O/c1-16-14-30(15-26-16)21-11-5-18(13-22(21)31-4)6-12-23-27-28-24(29(23)3)17(2)19-7-9-20(25)10-8-19/h5-15,17H,1-4H3/p+1/b12-6+/t17-/m0/s1. The van der Waals surface area contributed by atoms with Gasteiger partial charge in [0.1, 0.15) is 11.6 Å². The average molecular weight is 418 g/mol. The number of H-pyrrole nitrogens is 1. The van der Waals surface area contributed by atoms with E-state index in [9.17, 15) is 4.39 Å². The van der Waals surface area contributed by atoms with Crippen LogP contribution < -0.4 is 9.30 Å². The molecule has 158 valence electrons. The highest BCUT2D eigenvalue weighted by Crippen LogP contribution is 2.25. The van der Waals surface area contributed by atoms with E-state index in [0.717, 1.165) is 39.9 Å². The monoisotopic (exact) mass is 418 g/mol. The number of rotatable bonds is 6. The Morgan fingerprint density at radius 3 is 2.61 bits per heavy atom. The quantitative estimate of drug-likeness (QED) is 0.478. The van der Waals surface area contributed by atoms with E-state index in [0.29, 0.717) is 0 Å². The number of benzene rings is 2. The first-order chi connectivity index (χ1) is 15.0. The predicted molar refractivity (Wildman–Crippen MR) is 117 cm³/mol. The fourth-order valence-electron chi connectivity index (χ4n) is 3.57. The molecule has 0 bridgehead atoms. The summed E-state index contributed by atoms with van der Waals surface area (Å²) in [4.78, 5) is 4.28. The van der Waals surface area contributed by atoms with Gasteiger partial charge in [-0.05, 0) is 55.3 Å². The van der Waals surface area contributed by atoms with Crippen LogP contribution in [0, 0.1) is 12.7 Å². The SMILES string of the molecule is COc1cc(/C=C/c2n[nH]c([C@@H](C)c3ccc(F)cc3)[n+]2C)ccc1-n1cnc(C)c1. The number of hydrogen-bond donors (Lipinski definition) is 1. The van der Waals surface area contributed by atoms with Crippen molar-refractivity contribution < 1.29 is 13.7 Å². The Hall–Kier alpha value is -3.74. The van der Waals surface area contributed by atoms with Crippen LogP contribution in [0.2, 0.25) is 0 Å². The van der Waals surface area contributed by atoms with Crippen molar-refractivity contribution in [3.05, 3.63) is 89.3 Å². The Morgan fingerprint density at radius 1 is 1.16 bits per heavy atom. The summed E-state index contributed by atoms with van der Waals surface area (Å²) in [6.07, 6.45) is 7.68. The van der Waals surface area contributed by atoms with Crippen molar-refractivity contribution in [1.82, 2.24) is 19.7 Å². The van der Waals surface area contributed by atoms with Crippen molar-refractivity contribution >= 4 is 12.2 Å². The van der Waals surface area contributed by atoms with E-state index in [4.69, 9.17) is 4.74 Å². The Kier molecular flexibility index (Phi) is 5.66. The Labute approximate surface area is 180 Å². The first-order valence-corrected chi connectivity index (χ1v) is 10.0. The van der Waals surface area contributed by atoms with Gasteiger partial charge in [-0.2, -0.15) is 0 Å². The van der Waals surface area contributed by atoms with E-state index < -0.39 is 0 Å². The number of nitrogens with zero attached hydrogens (tertiary/aromatic N) is 4. The van der Waals surface area contributed by atoms with Crippen LogP contribution in [0.5, 0.6) is 5.75 Å². The molecule has 6 nitrogen and oxygen atoms in total. The lowest BCUT2D eigenvalue weighted by Gasteiger charge is -2.09. The van der Waals surface area contributed by atoms with Crippen LogP contribution in [0.1, 0.15) is 41.3 Å². The van der Waals surface area contributed by atoms with Crippen LogP contribution >= 0.6 is 0 Å². The zero-order valence-corrected chi connectivity index (χ0v) is 18.0. The molecule has 31 heavy (non-hydrogen) atoms. The van der Waals surface area contributed by atoms with E-state index in [-0.39, 0.29) is 11.7 Å². The predicted octanol–water partition coefficient (Wildman–Crippen LogP) is 4.20. The average Bonchev–Trinajstić information content (AvgIpc) is 3.37. The number of aryl methyl sites for hydroxylation is 1. The topological polar surface area (TPSA) is 59.6 Å². The first kappa shape index (κ1) is 20.5. The van der Waals surface area contributed by atoms with Crippen LogP contribution in [0.4, 0.5) is 4.39 Å². The normalized spacial score (nSPS) is 12.4. The van der Waals surface area contributed by atoms with Crippen molar-refractivity contribution in [2.75, 3.05) is 7.11 Å². The van der Waals surface area contributed by atoms with Gasteiger partial charge < -0.3 is 9.30 Å². The molecule has 0 saturated carbocycles. The van der Waals surface area contributed by atoms with E-state index in [1.807, 2.05) is 59.7 Å². The zero-order chi connectivity index (χ0) is 22.0. The molecule has 0 radical (unpaired) electrons. The molecule has 0 unspecified atom stereocenters. The number of aromatic amines is 1. The van der Waals surface area contributed by atoms with Crippen LogP contribution in [-0.4, -0.2) is 26.9 Å². The van der Waals surface area contributed by atoms with Crippen LogP contribution in [-0.2, 0) is 7.05 Å². The third-order valence-corrected chi connectivity index (χ3v) is 5.39. The summed E-state index contributed by atoms with van der Waals surface area (Å²) in [7, 11) is 3.62. The van der Waals surface area contributed by atoms with Gasteiger partial charge in [0, 0.05) is 17.4 Å². The number of imidazole rings is 1. The Balaban J connectivity index is 1.57. The number of halogens is 1. The lowest BCUT2D eigenvalue weighted by Crippen LogP contribution is -2.35. The van der Waals surface area contributed by atoms with E-state index in [2.05, 4.69) is 22.1 Å². The van der Waals surface area contributed by atoms with E-state index in [1.54, 1.807) is 25.6 Å².